The summed E-state index contributed by atoms with van der Waals surface area (Å²) in [5.74, 6) is -0.361. The molecule has 0 spiro atoms. The van der Waals surface area contributed by atoms with Gasteiger partial charge in [-0.3, -0.25) is 4.79 Å². The second kappa shape index (κ2) is 4.61. The Morgan fingerprint density at radius 2 is 1.62 bits per heavy atom. The minimum Gasteiger partial charge on any atom is -0.289 e. The average Bonchev–Trinajstić information content (AvgIpc) is 2.83. The Kier molecular flexibility index (Phi) is 2.84. The molecule has 0 aliphatic heterocycles. The van der Waals surface area contributed by atoms with E-state index in [1.807, 2.05) is 24.3 Å². The van der Waals surface area contributed by atoms with E-state index in [2.05, 4.69) is 15.9 Å². The highest BCUT2D eigenvalue weighted by Gasteiger charge is 2.13. The minimum atomic E-state index is -0.361. The van der Waals surface area contributed by atoms with Crippen LogP contribution in [-0.4, -0.2) is 0 Å². The maximum Gasteiger partial charge on any atom is 0.194 e. The summed E-state index contributed by atoms with van der Waals surface area (Å²) in [6.45, 7) is 0. The molecule has 0 saturated carbocycles. The SMILES string of the molecule is O=c1c2ccccc2c2sc(Br)cc2c2c(F)cccc12. The second-order valence-corrected chi connectivity index (χ2v) is 7.26. The standard InChI is InChI=1S/C17H8BrFOS/c18-14-8-12-15-11(6-3-7-13(15)19)16(20)9-4-1-2-5-10(9)17(12)21-14/h1-8H. The fourth-order valence-corrected chi connectivity index (χ4v) is 4.40. The maximum absolute atomic E-state index is 14.4. The van der Waals surface area contributed by atoms with E-state index in [-0.39, 0.29) is 11.2 Å². The van der Waals surface area contributed by atoms with Gasteiger partial charge >= 0.3 is 0 Å². The Morgan fingerprint density at radius 3 is 2.43 bits per heavy atom. The van der Waals surface area contributed by atoms with Crippen molar-refractivity contribution in [2.45, 2.75) is 0 Å². The second-order valence-electron chi connectivity index (χ2n) is 4.83. The van der Waals surface area contributed by atoms with Crippen LogP contribution < -0.4 is 5.43 Å². The largest absolute Gasteiger partial charge is 0.289 e. The lowest BCUT2D eigenvalue weighted by molar-refractivity contribution is 0.640. The first-order valence-electron chi connectivity index (χ1n) is 6.39. The van der Waals surface area contributed by atoms with Gasteiger partial charge in [0.25, 0.3) is 0 Å². The molecule has 4 aromatic rings. The molecule has 0 atom stereocenters. The Hall–Kier alpha value is -1.78. The summed E-state index contributed by atoms with van der Waals surface area (Å²) in [5.41, 5.74) is -0.125. The third-order valence-corrected chi connectivity index (χ3v) is 5.32. The van der Waals surface area contributed by atoms with Gasteiger partial charge in [0, 0.05) is 31.6 Å². The molecule has 1 aromatic heterocycles. The van der Waals surface area contributed by atoms with Crippen molar-refractivity contribution in [3.63, 3.8) is 0 Å². The number of fused-ring (bicyclic) bond motifs is 5. The zero-order chi connectivity index (χ0) is 14.6. The van der Waals surface area contributed by atoms with Crippen molar-refractivity contribution in [2.75, 3.05) is 0 Å². The van der Waals surface area contributed by atoms with Crippen molar-refractivity contribution in [2.24, 2.45) is 0 Å². The molecule has 3 aromatic carbocycles. The molecule has 0 unspecified atom stereocenters. The van der Waals surface area contributed by atoms with Crippen LogP contribution in [-0.2, 0) is 0 Å². The summed E-state index contributed by atoms with van der Waals surface area (Å²) < 4.78 is 16.2. The summed E-state index contributed by atoms with van der Waals surface area (Å²) in [6, 6.07) is 14.0. The lowest BCUT2D eigenvalue weighted by Crippen LogP contribution is -1.98. The predicted molar refractivity (Wildman–Crippen MR) is 90.8 cm³/mol. The molecule has 0 radical (unpaired) electrons. The van der Waals surface area contributed by atoms with E-state index in [1.54, 1.807) is 18.2 Å². The van der Waals surface area contributed by atoms with Crippen molar-refractivity contribution >= 4 is 58.9 Å². The summed E-state index contributed by atoms with van der Waals surface area (Å²) in [4.78, 5) is 12.8. The molecule has 0 aliphatic carbocycles. The molecule has 4 rings (SSSR count). The number of hydrogen-bond donors (Lipinski definition) is 0. The third-order valence-electron chi connectivity index (χ3n) is 3.65. The molecule has 0 saturated heterocycles. The molecule has 0 bridgehead atoms. The van der Waals surface area contributed by atoms with Crippen LogP contribution in [0.25, 0.3) is 31.6 Å². The molecule has 4 heteroatoms. The summed E-state index contributed by atoms with van der Waals surface area (Å²) in [5, 5.41) is 3.08. The van der Waals surface area contributed by atoms with Crippen molar-refractivity contribution in [3.8, 4) is 0 Å². The Balaban J connectivity index is 2.54. The number of hydrogen-bond acceptors (Lipinski definition) is 2. The molecule has 0 N–H and O–H groups in total. The molecule has 0 fully saturated rings. The molecular formula is C17H8BrFOS. The van der Waals surface area contributed by atoms with E-state index in [1.165, 1.54) is 17.4 Å². The van der Waals surface area contributed by atoms with Crippen molar-refractivity contribution in [3.05, 3.63) is 68.4 Å². The monoisotopic (exact) mass is 358 g/mol. The lowest BCUT2D eigenvalue weighted by atomic mass is 10.1. The van der Waals surface area contributed by atoms with Crippen LogP contribution in [0.3, 0.4) is 0 Å². The summed E-state index contributed by atoms with van der Waals surface area (Å²) >= 11 is 4.99. The van der Waals surface area contributed by atoms with Gasteiger partial charge in [0.15, 0.2) is 5.43 Å². The maximum atomic E-state index is 14.4. The van der Waals surface area contributed by atoms with Crippen LogP contribution in [0.5, 0.6) is 0 Å². The number of rotatable bonds is 0. The third kappa shape index (κ3) is 1.83. The van der Waals surface area contributed by atoms with Crippen LogP contribution in [0.4, 0.5) is 4.39 Å². The van der Waals surface area contributed by atoms with E-state index in [0.29, 0.717) is 16.2 Å². The van der Waals surface area contributed by atoms with Gasteiger partial charge in [0.2, 0.25) is 0 Å². The number of thiophene rings is 1. The minimum absolute atomic E-state index is 0.125. The Morgan fingerprint density at radius 1 is 0.905 bits per heavy atom. The van der Waals surface area contributed by atoms with E-state index in [4.69, 9.17) is 0 Å². The zero-order valence-corrected chi connectivity index (χ0v) is 13.1. The van der Waals surface area contributed by atoms with Gasteiger partial charge < -0.3 is 0 Å². The Labute approximate surface area is 131 Å². The van der Waals surface area contributed by atoms with Gasteiger partial charge in [0.05, 0.1) is 3.79 Å². The van der Waals surface area contributed by atoms with Crippen LogP contribution in [0, 0.1) is 5.82 Å². The van der Waals surface area contributed by atoms with Crippen molar-refractivity contribution < 1.29 is 4.39 Å². The molecule has 1 heterocycles. The first-order chi connectivity index (χ1) is 10.2. The highest BCUT2D eigenvalue weighted by Crippen LogP contribution is 2.37. The fourth-order valence-electron chi connectivity index (χ4n) is 2.76. The zero-order valence-electron chi connectivity index (χ0n) is 10.7. The Bertz CT molecular complexity index is 1080. The molecule has 1 nitrogen and oxygen atoms in total. The van der Waals surface area contributed by atoms with Gasteiger partial charge in [-0.25, -0.2) is 4.39 Å². The van der Waals surface area contributed by atoms with Crippen LogP contribution in [0.1, 0.15) is 0 Å². The molecule has 21 heavy (non-hydrogen) atoms. The van der Waals surface area contributed by atoms with E-state index in [9.17, 15) is 9.18 Å². The van der Waals surface area contributed by atoms with Gasteiger partial charge in [-0.15, -0.1) is 11.3 Å². The van der Waals surface area contributed by atoms with Crippen LogP contribution in [0.2, 0.25) is 0 Å². The van der Waals surface area contributed by atoms with Gasteiger partial charge in [0.1, 0.15) is 5.82 Å². The highest BCUT2D eigenvalue weighted by molar-refractivity contribution is 9.11. The van der Waals surface area contributed by atoms with E-state index >= 15 is 0 Å². The summed E-state index contributed by atoms with van der Waals surface area (Å²) in [6.07, 6.45) is 0. The lowest BCUT2D eigenvalue weighted by Gasteiger charge is -1.95. The molecule has 102 valence electrons. The topological polar surface area (TPSA) is 17.1 Å². The first kappa shape index (κ1) is 12.9. The summed E-state index contributed by atoms with van der Waals surface area (Å²) in [7, 11) is 0. The number of benzene rings is 2. The van der Waals surface area contributed by atoms with Gasteiger partial charge in [-0.05, 0) is 28.1 Å². The van der Waals surface area contributed by atoms with E-state index in [0.717, 1.165) is 19.3 Å². The first-order valence-corrected chi connectivity index (χ1v) is 8.00. The average molecular weight is 359 g/mol. The van der Waals surface area contributed by atoms with E-state index < -0.39 is 0 Å². The van der Waals surface area contributed by atoms with Crippen molar-refractivity contribution in [1.29, 1.82) is 0 Å². The highest BCUT2D eigenvalue weighted by atomic mass is 79.9. The van der Waals surface area contributed by atoms with Crippen LogP contribution in [0.15, 0.2) is 57.1 Å². The van der Waals surface area contributed by atoms with Crippen molar-refractivity contribution in [1.82, 2.24) is 0 Å². The smallest absolute Gasteiger partial charge is 0.194 e. The van der Waals surface area contributed by atoms with Crippen LogP contribution >= 0.6 is 27.3 Å². The fraction of sp³-hybridized carbons (Fsp3) is 0. The number of halogens is 2. The molecular weight excluding hydrogens is 351 g/mol. The van der Waals surface area contributed by atoms with Gasteiger partial charge in [-0.2, -0.15) is 0 Å². The normalized spacial score (nSPS) is 11.5. The predicted octanol–water partition coefficient (Wildman–Crippen LogP) is 5.47. The molecule has 0 amide bonds. The quantitative estimate of drug-likeness (QED) is 0.407. The van der Waals surface area contributed by atoms with Gasteiger partial charge in [-0.1, -0.05) is 36.4 Å². The molecule has 0 aliphatic rings.